The van der Waals surface area contributed by atoms with Gasteiger partial charge < -0.3 is 10.1 Å². The van der Waals surface area contributed by atoms with Crippen molar-refractivity contribution in [3.63, 3.8) is 0 Å². The smallest absolute Gasteiger partial charge is 0.419 e. The Morgan fingerprint density at radius 2 is 1.94 bits per heavy atom. The van der Waals surface area contributed by atoms with Crippen molar-refractivity contribution in [2.45, 2.75) is 12.6 Å². The summed E-state index contributed by atoms with van der Waals surface area (Å²) in [4.78, 5) is 0. The molecule has 0 bridgehead atoms. The van der Waals surface area contributed by atoms with E-state index in [1.54, 1.807) is 6.08 Å². The molecule has 0 spiro atoms. The fourth-order valence-corrected chi connectivity index (χ4v) is 1.63. The molecular weight excluding hydrogens is 231 g/mol. The van der Waals surface area contributed by atoms with E-state index in [4.69, 9.17) is 4.74 Å². The number of hydrogen-bond donors (Lipinski definition) is 1. The number of rotatable bonds is 2. The van der Waals surface area contributed by atoms with E-state index < -0.39 is 11.7 Å². The predicted molar refractivity (Wildman–Crippen MR) is 57.6 cm³/mol. The molecule has 1 aliphatic rings. The van der Waals surface area contributed by atoms with Crippen LogP contribution in [-0.2, 0) is 6.18 Å². The van der Waals surface area contributed by atoms with Gasteiger partial charge in [0.2, 0.25) is 0 Å². The van der Waals surface area contributed by atoms with Crippen LogP contribution in [0.5, 0.6) is 5.75 Å². The van der Waals surface area contributed by atoms with Gasteiger partial charge in [-0.2, -0.15) is 13.2 Å². The average Bonchev–Trinajstić information content (AvgIpc) is 2.30. The largest absolute Gasteiger partial charge is 0.461 e. The molecule has 1 N–H and O–H groups in total. The molecule has 0 aliphatic carbocycles. The number of halogens is 3. The summed E-state index contributed by atoms with van der Waals surface area (Å²) in [6, 6.07) is 5.25. The molecule has 17 heavy (non-hydrogen) atoms. The molecular formula is C12H12F3NO. The Balaban J connectivity index is 2.23. The lowest BCUT2D eigenvalue weighted by molar-refractivity contribution is -0.138. The second-order valence-corrected chi connectivity index (χ2v) is 3.72. The van der Waals surface area contributed by atoms with Gasteiger partial charge in [-0.05, 0) is 18.2 Å². The highest BCUT2D eigenvalue weighted by Crippen LogP contribution is 2.36. The maximum atomic E-state index is 12.7. The minimum atomic E-state index is -4.38. The second kappa shape index (κ2) is 4.79. The zero-order valence-electron chi connectivity index (χ0n) is 9.05. The first kappa shape index (κ1) is 12.0. The molecule has 1 aromatic rings. The van der Waals surface area contributed by atoms with Crippen LogP contribution >= 0.6 is 0 Å². The molecule has 1 aromatic carbocycles. The van der Waals surface area contributed by atoms with Crippen LogP contribution in [0, 0.1) is 0 Å². The van der Waals surface area contributed by atoms with E-state index in [1.807, 2.05) is 0 Å². The van der Waals surface area contributed by atoms with E-state index in [0.29, 0.717) is 18.7 Å². The van der Waals surface area contributed by atoms with Gasteiger partial charge in [-0.25, -0.2) is 0 Å². The van der Waals surface area contributed by atoms with Gasteiger partial charge in [0.05, 0.1) is 5.56 Å². The van der Waals surface area contributed by atoms with Gasteiger partial charge >= 0.3 is 6.18 Å². The summed E-state index contributed by atoms with van der Waals surface area (Å²) in [5.74, 6) is 0.452. The Hall–Kier alpha value is -1.49. The number of alkyl halides is 3. The Morgan fingerprint density at radius 1 is 1.18 bits per heavy atom. The van der Waals surface area contributed by atoms with E-state index >= 15 is 0 Å². The molecule has 0 atom stereocenters. The Kier molecular flexibility index (Phi) is 3.38. The highest BCUT2D eigenvalue weighted by atomic mass is 19.4. The van der Waals surface area contributed by atoms with Crippen molar-refractivity contribution < 1.29 is 17.9 Å². The number of para-hydroxylation sites is 1. The highest BCUT2D eigenvalue weighted by Gasteiger charge is 2.34. The molecule has 1 aliphatic heterocycles. The monoisotopic (exact) mass is 243 g/mol. The summed E-state index contributed by atoms with van der Waals surface area (Å²) in [7, 11) is 0. The molecule has 0 radical (unpaired) electrons. The molecule has 2 rings (SSSR count). The first-order valence-electron chi connectivity index (χ1n) is 5.31. The molecule has 0 saturated carbocycles. The third kappa shape index (κ3) is 3.00. The van der Waals surface area contributed by atoms with Crippen LogP contribution in [0.25, 0.3) is 0 Å². The van der Waals surface area contributed by atoms with Crippen molar-refractivity contribution in [3.05, 3.63) is 41.7 Å². The summed E-state index contributed by atoms with van der Waals surface area (Å²) in [6.45, 7) is 1.35. The predicted octanol–water partition coefficient (Wildman–Crippen LogP) is 2.96. The lowest BCUT2D eigenvalue weighted by atomic mass is 10.2. The van der Waals surface area contributed by atoms with Gasteiger partial charge in [0.15, 0.2) is 0 Å². The zero-order chi connectivity index (χ0) is 12.3. The second-order valence-electron chi connectivity index (χ2n) is 3.72. The summed E-state index contributed by atoms with van der Waals surface area (Å²) in [5.41, 5.74) is -0.737. The summed E-state index contributed by atoms with van der Waals surface area (Å²) in [6.07, 6.45) is -2.02. The molecule has 0 unspecified atom stereocenters. The summed E-state index contributed by atoms with van der Waals surface area (Å²) >= 11 is 0. The quantitative estimate of drug-likeness (QED) is 0.862. The van der Waals surface area contributed by atoms with Gasteiger partial charge in [-0.1, -0.05) is 12.1 Å². The van der Waals surface area contributed by atoms with Crippen LogP contribution in [-0.4, -0.2) is 13.1 Å². The van der Waals surface area contributed by atoms with Gasteiger partial charge in [0, 0.05) is 19.5 Å². The van der Waals surface area contributed by atoms with Gasteiger partial charge in [-0.15, -0.1) is 0 Å². The minimum absolute atomic E-state index is 0.131. The van der Waals surface area contributed by atoms with Crippen molar-refractivity contribution in [2.75, 3.05) is 13.1 Å². The standard InChI is InChI=1S/C12H12F3NO/c13-12(14,15)10-3-1-2-4-11(10)17-9-5-7-16-8-6-9/h1-5,16H,6-8H2. The molecule has 5 heteroatoms. The Morgan fingerprint density at radius 3 is 2.59 bits per heavy atom. The third-order valence-corrected chi connectivity index (χ3v) is 2.46. The lowest BCUT2D eigenvalue weighted by Crippen LogP contribution is -2.22. The fraction of sp³-hybridized carbons (Fsp3) is 0.333. The van der Waals surface area contributed by atoms with Crippen molar-refractivity contribution in [3.8, 4) is 5.75 Å². The van der Waals surface area contributed by atoms with Crippen molar-refractivity contribution in [1.82, 2.24) is 5.32 Å². The lowest BCUT2D eigenvalue weighted by Gasteiger charge is -2.18. The molecule has 1 heterocycles. The fourth-order valence-electron chi connectivity index (χ4n) is 1.63. The maximum absolute atomic E-state index is 12.7. The van der Waals surface area contributed by atoms with E-state index in [9.17, 15) is 13.2 Å². The molecule has 0 fully saturated rings. The van der Waals surface area contributed by atoms with Crippen LogP contribution in [0.15, 0.2) is 36.1 Å². The van der Waals surface area contributed by atoms with Crippen LogP contribution < -0.4 is 10.1 Å². The summed E-state index contributed by atoms with van der Waals surface area (Å²) < 4.78 is 43.4. The number of nitrogens with one attached hydrogen (secondary N) is 1. The third-order valence-electron chi connectivity index (χ3n) is 2.46. The van der Waals surface area contributed by atoms with E-state index in [1.165, 1.54) is 18.2 Å². The van der Waals surface area contributed by atoms with Crippen molar-refractivity contribution >= 4 is 0 Å². The number of ether oxygens (including phenoxy) is 1. The van der Waals surface area contributed by atoms with Gasteiger partial charge in [-0.3, -0.25) is 0 Å². The van der Waals surface area contributed by atoms with Crippen molar-refractivity contribution in [1.29, 1.82) is 0 Å². The van der Waals surface area contributed by atoms with Gasteiger partial charge in [0.1, 0.15) is 11.5 Å². The number of benzene rings is 1. The van der Waals surface area contributed by atoms with Crippen LogP contribution in [0.4, 0.5) is 13.2 Å². The normalized spacial score (nSPS) is 16.5. The zero-order valence-corrected chi connectivity index (χ0v) is 9.05. The van der Waals surface area contributed by atoms with E-state index in [2.05, 4.69) is 5.32 Å². The molecule has 2 nitrogen and oxygen atoms in total. The summed E-state index contributed by atoms with van der Waals surface area (Å²) in [5, 5.41) is 3.07. The minimum Gasteiger partial charge on any atom is -0.461 e. The average molecular weight is 243 g/mol. The van der Waals surface area contributed by atoms with Crippen molar-refractivity contribution in [2.24, 2.45) is 0 Å². The van der Waals surface area contributed by atoms with E-state index in [0.717, 1.165) is 12.6 Å². The van der Waals surface area contributed by atoms with Crippen LogP contribution in [0.3, 0.4) is 0 Å². The number of hydrogen-bond acceptors (Lipinski definition) is 2. The van der Waals surface area contributed by atoms with E-state index in [-0.39, 0.29) is 5.75 Å². The maximum Gasteiger partial charge on any atom is 0.419 e. The first-order chi connectivity index (χ1) is 8.07. The van der Waals surface area contributed by atoms with Crippen LogP contribution in [0.2, 0.25) is 0 Å². The molecule has 92 valence electrons. The Labute approximate surface area is 97.1 Å². The van der Waals surface area contributed by atoms with Crippen LogP contribution in [0.1, 0.15) is 12.0 Å². The Bertz CT molecular complexity index is 426. The molecule has 0 saturated heterocycles. The van der Waals surface area contributed by atoms with Gasteiger partial charge in [0.25, 0.3) is 0 Å². The SMILES string of the molecule is FC(F)(F)c1ccccc1OC1=CCNCC1. The topological polar surface area (TPSA) is 21.3 Å². The molecule has 0 aromatic heterocycles. The molecule has 0 amide bonds. The first-order valence-corrected chi connectivity index (χ1v) is 5.31. The highest BCUT2D eigenvalue weighted by molar-refractivity contribution is 5.36.